The maximum absolute atomic E-state index is 10.4. The molecule has 0 fully saturated rings. The number of methoxy groups -OCH3 is 1. The summed E-state index contributed by atoms with van der Waals surface area (Å²) in [5.74, 6) is -0.242. The molecule has 0 aliphatic heterocycles. The first-order valence-corrected chi connectivity index (χ1v) is 6.36. The lowest BCUT2D eigenvalue weighted by Crippen LogP contribution is -2.18. The number of carbonyl (C=O) groups is 1. The Morgan fingerprint density at radius 3 is 2.60 bits per heavy atom. The van der Waals surface area contributed by atoms with Gasteiger partial charge in [-0.1, -0.05) is 12.1 Å². The molecule has 0 spiro atoms. The minimum Gasteiger partial charge on any atom is -0.491 e. The van der Waals surface area contributed by atoms with E-state index in [1.807, 2.05) is 6.92 Å². The van der Waals surface area contributed by atoms with Crippen molar-refractivity contribution in [2.24, 2.45) is 0 Å². The highest BCUT2D eigenvalue weighted by Crippen LogP contribution is 2.13. The van der Waals surface area contributed by atoms with Crippen LogP contribution in [-0.2, 0) is 14.3 Å². The summed E-state index contributed by atoms with van der Waals surface area (Å²) < 4.78 is 15.9. The summed E-state index contributed by atoms with van der Waals surface area (Å²) in [6.45, 7) is 3.45. The second-order valence-electron chi connectivity index (χ2n) is 4.23. The van der Waals surface area contributed by atoms with Gasteiger partial charge in [0.25, 0.3) is 0 Å². The summed E-state index contributed by atoms with van der Waals surface area (Å²) in [6, 6.07) is 7.17. The Hall–Kier alpha value is -1.85. The molecule has 5 heteroatoms. The molecule has 0 aromatic heterocycles. The van der Waals surface area contributed by atoms with Crippen LogP contribution >= 0.6 is 0 Å². The van der Waals surface area contributed by atoms with Crippen molar-refractivity contribution in [3.05, 3.63) is 35.9 Å². The Balaban J connectivity index is 2.29. The highest BCUT2D eigenvalue weighted by molar-refractivity contribution is 5.85. The van der Waals surface area contributed by atoms with Gasteiger partial charge in [-0.2, -0.15) is 0 Å². The van der Waals surface area contributed by atoms with Crippen LogP contribution in [-0.4, -0.2) is 44.1 Å². The van der Waals surface area contributed by atoms with Crippen molar-refractivity contribution >= 4 is 12.0 Å². The van der Waals surface area contributed by atoms with Gasteiger partial charge in [0, 0.05) is 13.2 Å². The third-order valence-electron chi connectivity index (χ3n) is 2.45. The molecule has 0 heterocycles. The molecule has 0 saturated heterocycles. The number of hydrogen-bond donors (Lipinski definition) is 1. The van der Waals surface area contributed by atoms with Crippen LogP contribution in [0.3, 0.4) is 0 Å². The van der Waals surface area contributed by atoms with E-state index in [9.17, 15) is 4.79 Å². The van der Waals surface area contributed by atoms with Gasteiger partial charge in [0.2, 0.25) is 0 Å². The van der Waals surface area contributed by atoms with Crippen LogP contribution in [0.25, 0.3) is 6.08 Å². The van der Waals surface area contributed by atoms with E-state index in [-0.39, 0.29) is 6.10 Å². The average molecular weight is 280 g/mol. The fourth-order valence-corrected chi connectivity index (χ4v) is 1.53. The van der Waals surface area contributed by atoms with Crippen molar-refractivity contribution < 1.29 is 24.1 Å². The number of rotatable bonds is 9. The fourth-order valence-electron chi connectivity index (χ4n) is 1.53. The first-order chi connectivity index (χ1) is 9.61. The highest BCUT2D eigenvalue weighted by atomic mass is 16.5. The second-order valence-corrected chi connectivity index (χ2v) is 4.23. The van der Waals surface area contributed by atoms with Gasteiger partial charge in [0.1, 0.15) is 12.4 Å². The number of ether oxygens (including phenoxy) is 3. The van der Waals surface area contributed by atoms with Gasteiger partial charge >= 0.3 is 5.97 Å². The molecule has 0 aliphatic rings. The van der Waals surface area contributed by atoms with E-state index >= 15 is 0 Å². The summed E-state index contributed by atoms with van der Waals surface area (Å²) in [5, 5.41) is 8.52. The number of carboxylic acids is 1. The van der Waals surface area contributed by atoms with E-state index in [0.717, 1.165) is 17.4 Å². The molecule has 1 rings (SSSR count). The van der Waals surface area contributed by atoms with Crippen LogP contribution in [0.4, 0.5) is 0 Å². The molecule has 0 amide bonds. The number of benzene rings is 1. The Morgan fingerprint density at radius 1 is 1.30 bits per heavy atom. The lowest BCUT2D eigenvalue weighted by molar-refractivity contribution is -0.131. The minimum atomic E-state index is -0.965. The molecule has 1 N–H and O–H groups in total. The van der Waals surface area contributed by atoms with Gasteiger partial charge in [0.05, 0.1) is 19.3 Å². The maximum Gasteiger partial charge on any atom is 0.328 e. The summed E-state index contributed by atoms with van der Waals surface area (Å²) in [7, 11) is 1.64. The van der Waals surface area contributed by atoms with Crippen LogP contribution in [0.1, 0.15) is 12.5 Å². The summed E-state index contributed by atoms with van der Waals surface area (Å²) in [4.78, 5) is 10.4. The molecule has 5 nitrogen and oxygen atoms in total. The molecule has 0 bridgehead atoms. The molecule has 0 radical (unpaired) electrons. The third-order valence-corrected chi connectivity index (χ3v) is 2.45. The zero-order valence-corrected chi connectivity index (χ0v) is 11.7. The largest absolute Gasteiger partial charge is 0.491 e. The van der Waals surface area contributed by atoms with Gasteiger partial charge in [-0.3, -0.25) is 0 Å². The van der Waals surface area contributed by atoms with Gasteiger partial charge in [-0.25, -0.2) is 4.79 Å². The second kappa shape index (κ2) is 9.12. The van der Waals surface area contributed by atoms with E-state index in [1.165, 1.54) is 6.08 Å². The van der Waals surface area contributed by atoms with Crippen molar-refractivity contribution in [1.29, 1.82) is 0 Å². The summed E-state index contributed by atoms with van der Waals surface area (Å²) in [6.07, 6.45) is 2.68. The van der Waals surface area contributed by atoms with Gasteiger partial charge in [-0.05, 0) is 30.7 Å². The molecule has 0 aliphatic carbocycles. The fraction of sp³-hybridized carbons (Fsp3) is 0.400. The average Bonchev–Trinajstić information content (AvgIpc) is 2.43. The Bertz CT molecular complexity index is 424. The summed E-state index contributed by atoms with van der Waals surface area (Å²) in [5.41, 5.74) is 0.810. The van der Waals surface area contributed by atoms with Crippen molar-refractivity contribution in [3.63, 3.8) is 0 Å². The van der Waals surface area contributed by atoms with Gasteiger partial charge in [-0.15, -0.1) is 0 Å². The zero-order chi connectivity index (χ0) is 14.8. The Morgan fingerprint density at radius 2 is 2.00 bits per heavy atom. The zero-order valence-electron chi connectivity index (χ0n) is 11.7. The molecule has 1 aromatic rings. The molecule has 20 heavy (non-hydrogen) atoms. The smallest absolute Gasteiger partial charge is 0.328 e. The monoisotopic (exact) mass is 280 g/mol. The van der Waals surface area contributed by atoms with E-state index < -0.39 is 5.97 Å². The van der Waals surface area contributed by atoms with E-state index in [1.54, 1.807) is 31.4 Å². The minimum absolute atomic E-state index is 0.0483. The first kappa shape index (κ1) is 16.2. The van der Waals surface area contributed by atoms with Crippen molar-refractivity contribution in [2.75, 3.05) is 26.9 Å². The molecule has 1 unspecified atom stereocenters. The lowest BCUT2D eigenvalue weighted by atomic mass is 10.2. The van der Waals surface area contributed by atoms with Gasteiger partial charge in [0.15, 0.2) is 0 Å². The van der Waals surface area contributed by atoms with Crippen LogP contribution in [0, 0.1) is 0 Å². The highest BCUT2D eigenvalue weighted by Gasteiger charge is 2.01. The molecule has 110 valence electrons. The summed E-state index contributed by atoms with van der Waals surface area (Å²) >= 11 is 0. The maximum atomic E-state index is 10.4. The standard InChI is InChI=1S/C15H20O5/c1-12(11-18-2)19-9-10-20-14-6-3-13(4-7-14)5-8-15(16)17/h3-8,12H,9-11H2,1-2H3,(H,16,17). The number of hydrogen-bond acceptors (Lipinski definition) is 4. The van der Waals surface area contributed by atoms with E-state index in [4.69, 9.17) is 19.3 Å². The van der Waals surface area contributed by atoms with Crippen LogP contribution in [0.15, 0.2) is 30.3 Å². The third kappa shape index (κ3) is 6.92. The predicted octanol–water partition coefficient (Wildman–Crippen LogP) is 2.21. The quantitative estimate of drug-likeness (QED) is 0.555. The van der Waals surface area contributed by atoms with Crippen LogP contribution in [0.5, 0.6) is 5.75 Å². The van der Waals surface area contributed by atoms with Crippen LogP contribution in [0.2, 0.25) is 0 Å². The normalized spacial score (nSPS) is 12.5. The lowest BCUT2D eigenvalue weighted by Gasteiger charge is -2.12. The SMILES string of the molecule is COCC(C)OCCOc1ccc(C=CC(=O)O)cc1. The Labute approximate surface area is 118 Å². The number of aliphatic carboxylic acids is 1. The molecule has 0 saturated carbocycles. The molecule has 1 aromatic carbocycles. The topological polar surface area (TPSA) is 65.0 Å². The first-order valence-electron chi connectivity index (χ1n) is 6.36. The Kier molecular flexibility index (Phi) is 7.39. The molecule has 1 atom stereocenters. The van der Waals surface area contributed by atoms with Crippen molar-refractivity contribution in [3.8, 4) is 5.75 Å². The predicted molar refractivity (Wildman–Crippen MR) is 75.9 cm³/mol. The van der Waals surface area contributed by atoms with E-state index in [2.05, 4.69) is 0 Å². The van der Waals surface area contributed by atoms with Crippen molar-refractivity contribution in [2.45, 2.75) is 13.0 Å². The van der Waals surface area contributed by atoms with Gasteiger partial charge < -0.3 is 19.3 Å². The van der Waals surface area contributed by atoms with E-state index in [0.29, 0.717) is 19.8 Å². The van der Waals surface area contributed by atoms with Crippen molar-refractivity contribution in [1.82, 2.24) is 0 Å². The number of carboxylic acid groups (broad SMARTS) is 1. The van der Waals surface area contributed by atoms with Crippen LogP contribution < -0.4 is 4.74 Å². The molecular formula is C15H20O5. The molecular weight excluding hydrogens is 260 g/mol.